The molecule has 0 unspecified atom stereocenters. The van der Waals surface area contributed by atoms with Gasteiger partial charge < -0.3 is 37.2 Å². The summed E-state index contributed by atoms with van der Waals surface area (Å²) in [6.07, 6.45) is -0.560. The lowest BCUT2D eigenvalue weighted by Gasteiger charge is -2.29. The Labute approximate surface area is 184 Å². The van der Waals surface area contributed by atoms with Gasteiger partial charge in [0, 0.05) is 13.5 Å². The Hall–Kier alpha value is -3.51. The molecule has 0 spiro atoms. The normalized spacial score (nSPS) is 13.3. The lowest BCUT2D eigenvalue weighted by atomic mass is 10.0. The number of carbonyl (C=O) groups excluding carboxylic acids is 3. The second-order valence-corrected chi connectivity index (χ2v) is 7.11. The highest BCUT2D eigenvalue weighted by Crippen LogP contribution is 2.10. The number of nitrogens with two attached hydrogens (primary N) is 2. The van der Waals surface area contributed by atoms with Gasteiger partial charge in [-0.2, -0.15) is 0 Å². The van der Waals surface area contributed by atoms with E-state index in [1.54, 1.807) is 30.3 Å². The van der Waals surface area contributed by atoms with Crippen molar-refractivity contribution < 1.29 is 34.2 Å². The number of nitrogens with one attached hydrogen (secondary N) is 2. The van der Waals surface area contributed by atoms with Gasteiger partial charge in [0.05, 0.1) is 19.0 Å². The van der Waals surface area contributed by atoms with Crippen molar-refractivity contribution in [2.24, 2.45) is 11.5 Å². The number of hydrogen-bond acceptors (Lipinski definition) is 7. The Bertz CT molecular complexity index is 818. The summed E-state index contributed by atoms with van der Waals surface area (Å²) in [7, 11) is 1.33. The fraction of sp³-hybridized carbons (Fsp3) is 0.450. The Kier molecular flexibility index (Phi) is 10.8. The molecule has 0 saturated heterocycles. The van der Waals surface area contributed by atoms with Gasteiger partial charge in [0.25, 0.3) is 0 Å². The van der Waals surface area contributed by atoms with Crippen molar-refractivity contribution in [1.29, 1.82) is 0 Å². The molecule has 0 bridgehead atoms. The van der Waals surface area contributed by atoms with E-state index >= 15 is 0 Å². The van der Waals surface area contributed by atoms with Crippen molar-refractivity contribution in [1.82, 2.24) is 15.5 Å². The maximum absolute atomic E-state index is 12.8. The minimum Gasteiger partial charge on any atom is -0.481 e. The molecule has 0 aliphatic rings. The number of carboxylic acids is 2. The zero-order chi connectivity index (χ0) is 24.3. The summed E-state index contributed by atoms with van der Waals surface area (Å²) in [4.78, 5) is 60.7. The number of amides is 3. The molecule has 12 nitrogen and oxygen atoms in total. The van der Waals surface area contributed by atoms with Crippen molar-refractivity contribution in [3.63, 3.8) is 0 Å². The molecular formula is C20H29N5O7. The molecule has 1 aromatic carbocycles. The van der Waals surface area contributed by atoms with E-state index < -0.39 is 60.8 Å². The van der Waals surface area contributed by atoms with Crippen molar-refractivity contribution in [2.45, 2.75) is 37.4 Å². The van der Waals surface area contributed by atoms with Crippen LogP contribution in [0, 0.1) is 0 Å². The molecule has 0 aliphatic carbocycles. The highest BCUT2D eigenvalue weighted by atomic mass is 16.4. The maximum Gasteiger partial charge on any atom is 0.326 e. The SMILES string of the molecule is CN(C(=O)CNC(=O)[C@H](N)CCN)[C@@H](Cc1ccccc1)C(=O)N[C@@H](CC(=O)O)C(=O)O. The zero-order valence-electron chi connectivity index (χ0n) is 17.7. The number of benzene rings is 1. The third-order valence-corrected chi connectivity index (χ3v) is 4.66. The molecule has 0 aromatic heterocycles. The lowest BCUT2D eigenvalue weighted by Crippen LogP contribution is -2.55. The van der Waals surface area contributed by atoms with Crippen molar-refractivity contribution >= 4 is 29.7 Å². The van der Waals surface area contributed by atoms with Gasteiger partial charge >= 0.3 is 11.9 Å². The Morgan fingerprint density at radius 1 is 1.06 bits per heavy atom. The summed E-state index contributed by atoms with van der Waals surface area (Å²) in [5, 5.41) is 22.6. The van der Waals surface area contributed by atoms with E-state index in [0.29, 0.717) is 5.56 Å². The first kappa shape index (κ1) is 26.5. The minimum atomic E-state index is -1.67. The molecule has 176 valence electrons. The van der Waals surface area contributed by atoms with E-state index in [1.807, 2.05) is 0 Å². The number of hydrogen-bond donors (Lipinski definition) is 6. The second-order valence-electron chi connectivity index (χ2n) is 7.11. The first-order valence-electron chi connectivity index (χ1n) is 9.84. The van der Waals surface area contributed by atoms with E-state index in [2.05, 4.69) is 10.6 Å². The van der Waals surface area contributed by atoms with Crippen LogP contribution >= 0.6 is 0 Å². The van der Waals surface area contributed by atoms with Gasteiger partial charge in [-0.3, -0.25) is 19.2 Å². The van der Waals surface area contributed by atoms with Crippen LogP contribution in [0.2, 0.25) is 0 Å². The summed E-state index contributed by atoms with van der Waals surface area (Å²) >= 11 is 0. The van der Waals surface area contributed by atoms with Crippen molar-refractivity contribution in [3.8, 4) is 0 Å². The Balaban J connectivity index is 2.97. The van der Waals surface area contributed by atoms with Crippen LogP contribution in [0.15, 0.2) is 30.3 Å². The molecular weight excluding hydrogens is 422 g/mol. The van der Waals surface area contributed by atoms with Crippen molar-refractivity contribution in [2.75, 3.05) is 20.1 Å². The molecule has 0 saturated carbocycles. The predicted octanol–water partition coefficient (Wildman–Crippen LogP) is -2.11. The monoisotopic (exact) mass is 451 g/mol. The maximum atomic E-state index is 12.8. The second kappa shape index (κ2) is 13.0. The quantitative estimate of drug-likeness (QED) is 0.194. The van der Waals surface area contributed by atoms with E-state index in [4.69, 9.17) is 16.6 Å². The van der Waals surface area contributed by atoms with Crippen LogP contribution in [-0.4, -0.2) is 83.0 Å². The van der Waals surface area contributed by atoms with Gasteiger partial charge in [0.15, 0.2) is 0 Å². The predicted molar refractivity (Wildman–Crippen MR) is 113 cm³/mol. The minimum absolute atomic E-state index is 0.0367. The van der Waals surface area contributed by atoms with Crippen LogP contribution in [0.3, 0.4) is 0 Å². The van der Waals surface area contributed by atoms with E-state index in [9.17, 15) is 29.1 Å². The molecule has 3 amide bonds. The highest BCUT2D eigenvalue weighted by Gasteiger charge is 2.31. The lowest BCUT2D eigenvalue weighted by molar-refractivity contribution is -0.148. The fourth-order valence-electron chi connectivity index (χ4n) is 2.79. The average Bonchev–Trinajstić information content (AvgIpc) is 2.74. The van der Waals surface area contributed by atoms with Crippen molar-refractivity contribution in [3.05, 3.63) is 35.9 Å². The van der Waals surface area contributed by atoms with E-state index in [1.165, 1.54) is 7.05 Å². The van der Waals surface area contributed by atoms with Crippen LogP contribution in [0.1, 0.15) is 18.4 Å². The van der Waals surface area contributed by atoms with Gasteiger partial charge in [-0.15, -0.1) is 0 Å². The summed E-state index contributed by atoms with van der Waals surface area (Å²) in [6, 6.07) is 4.96. The van der Waals surface area contributed by atoms with Gasteiger partial charge in [-0.05, 0) is 18.5 Å². The molecule has 32 heavy (non-hydrogen) atoms. The summed E-state index contributed by atoms with van der Waals surface area (Å²) in [5.74, 6) is -4.97. The average molecular weight is 451 g/mol. The third-order valence-electron chi connectivity index (χ3n) is 4.66. The molecule has 0 fully saturated rings. The Morgan fingerprint density at radius 3 is 2.22 bits per heavy atom. The molecule has 0 radical (unpaired) electrons. The summed E-state index contributed by atoms with van der Waals surface area (Å²) in [5.41, 5.74) is 11.7. The third kappa shape index (κ3) is 8.70. The van der Waals surface area contributed by atoms with Gasteiger partial charge in [0.2, 0.25) is 17.7 Å². The highest BCUT2D eigenvalue weighted by molar-refractivity contribution is 5.93. The van der Waals surface area contributed by atoms with E-state index in [-0.39, 0.29) is 19.4 Å². The first-order chi connectivity index (χ1) is 15.1. The smallest absolute Gasteiger partial charge is 0.326 e. The summed E-state index contributed by atoms with van der Waals surface area (Å²) in [6.45, 7) is -0.244. The number of nitrogens with zero attached hydrogens (tertiary/aromatic N) is 1. The molecule has 12 heteroatoms. The molecule has 1 rings (SSSR count). The Morgan fingerprint density at radius 2 is 1.69 bits per heavy atom. The largest absolute Gasteiger partial charge is 0.481 e. The van der Waals surface area contributed by atoms with Gasteiger partial charge in [-0.25, -0.2) is 4.79 Å². The molecule has 0 heterocycles. The van der Waals surface area contributed by atoms with Crippen LogP contribution in [-0.2, 0) is 30.4 Å². The van der Waals surface area contributed by atoms with E-state index in [0.717, 1.165) is 4.90 Å². The summed E-state index contributed by atoms with van der Waals surface area (Å²) < 4.78 is 0. The molecule has 1 aromatic rings. The topological polar surface area (TPSA) is 205 Å². The first-order valence-corrected chi connectivity index (χ1v) is 9.84. The molecule has 3 atom stereocenters. The standard InChI is InChI=1S/C20H29N5O7/c1-25(16(26)11-23-18(29)13(22)7-8-21)15(9-12-5-3-2-4-6-12)19(30)24-14(20(31)32)10-17(27)28/h2-6,13-15H,7-11,21-22H2,1H3,(H,23,29)(H,24,30)(H,27,28)(H,31,32)/t13-,14+,15+/m1/s1. The molecule has 0 aliphatic heterocycles. The van der Waals surface area contributed by atoms with Crippen LogP contribution in [0.25, 0.3) is 0 Å². The number of likely N-dealkylation sites (N-methyl/N-ethyl adjacent to an activating group) is 1. The number of carbonyl (C=O) groups is 5. The number of carboxylic acid groups (broad SMARTS) is 2. The number of rotatable bonds is 13. The number of aliphatic carboxylic acids is 2. The fourth-order valence-corrected chi connectivity index (χ4v) is 2.79. The zero-order valence-corrected chi connectivity index (χ0v) is 17.7. The van der Waals surface area contributed by atoms with Gasteiger partial charge in [-0.1, -0.05) is 30.3 Å². The van der Waals surface area contributed by atoms with Gasteiger partial charge in [0.1, 0.15) is 12.1 Å². The van der Waals surface area contributed by atoms with Crippen LogP contribution < -0.4 is 22.1 Å². The molecule has 8 N–H and O–H groups in total. The van der Waals surface area contributed by atoms with Crippen LogP contribution in [0.4, 0.5) is 0 Å². The van der Waals surface area contributed by atoms with Crippen LogP contribution in [0.5, 0.6) is 0 Å².